The summed E-state index contributed by atoms with van der Waals surface area (Å²) in [4.78, 5) is 14.4. The molecular formula is C18H17Cl2N3O3S. The first kappa shape index (κ1) is 19.7. The molecule has 1 aliphatic rings. The first-order valence-corrected chi connectivity index (χ1v) is 10.4. The Bertz CT molecular complexity index is 1050. The second-order valence-corrected chi connectivity index (χ2v) is 8.42. The van der Waals surface area contributed by atoms with Crippen molar-refractivity contribution in [2.75, 3.05) is 16.8 Å². The van der Waals surface area contributed by atoms with Gasteiger partial charge in [0.15, 0.2) is 0 Å². The van der Waals surface area contributed by atoms with Crippen LogP contribution in [0.25, 0.3) is 0 Å². The zero-order valence-electron chi connectivity index (χ0n) is 14.7. The van der Waals surface area contributed by atoms with Gasteiger partial charge in [0.2, 0.25) is 0 Å². The number of nitrogens with one attached hydrogen (secondary N) is 1. The minimum atomic E-state index is -3.86. The van der Waals surface area contributed by atoms with E-state index in [2.05, 4.69) is 9.71 Å². The summed E-state index contributed by atoms with van der Waals surface area (Å²) in [5.74, 6) is -0.0444. The molecule has 0 radical (unpaired) electrons. The number of amidine groups is 1. The second kappa shape index (κ2) is 7.50. The molecule has 1 N–H and O–H groups in total. The molecule has 0 spiro atoms. The summed E-state index contributed by atoms with van der Waals surface area (Å²) in [7, 11) is -3.86. The molecule has 0 unspecified atom stereocenters. The number of hydrogen-bond acceptors (Lipinski definition) is 4. The maximum Gasteiger partial charge on any atom is 0.286 e. The molecule has 0 fully saturated rings. The van der Waals surface area contributed by atoms with Crippen molar-refractivity contribution in [1.82, 2.24) is 0 Å². The Kier molecular flexibility index (Phi) is 5.46. The highest BCUT2D eigenvalue weighted by Gasteiger charge is 2.29. The largest absolute Gasteiger partial charge is 0.328 e. The fourth-order valence-corrected chi connectivity index (χ4v) is 4.38. The van der Waals surface area contributed by atoms with Crippen LogP contribution in [0.4, 0.5) is 11.4 Å². The van der Waals surface area contributed by atoms with Crippen LogP contribution >= 0.6 is 23.2 Å². The van der Waals surface area contributed by atoms with Gasteiger partial charge in [-0.25, -0.2) is 0 Å². The average molecular weight is 426 g/mol. The van der Waals surface area contributed by atoms with E-state index >= 15 is 0 Å². The third-order valence-electron chi connectivity index (χ3n) is 4.06. The van der Waals surface area contributed by atoms with Gasteiger partial charge in [-0.05, 0) is 49.7 Å². The minimum Gasteiger partial charge on any atom is -0.328 e. The van der Waals surface area contributed by atoms with Crippen molar-refractivity contribution in [2.45, 2.75) is 25.2 Å². The van der Waals surface area contributed by atoms with E-state index in [1.807, 2.05) is 11.8 Å². The van der Waals surface area contributed by atoms with Crippen molar-refractivity contribution in [3.8, 4) is 0 Å². The monoisotopic (exact) mass is 425 g/mol. The molecule has 0 bridgehead atoms. The summed E-state index contributed by atoms with van der Waals surface area (Å²) in [5.41, 5.74) is 1.18. The average Bonchev–Trinajstić information content (AvgIpc) is 2.61. The Labute approximate surface area is 167 Å². The lowest BCUT2D eigenvalue weighted by Gasteiger charge is -2.29. The fraction of sp³-hybridized carbons (Fsp3) is 0.222. The molecule has 1 amide bonds. The highest BCUT2D eigenvalue weighted by molar-refractivity contribution is 7.90. The molecule has 2 aromatic rings. The van der Waals surface area contributed by atoms with Crippen LogP contribution in [-0.2, 0) is 10.0 Å². The number of benzene rings is 2. The maximum atomic E-state index is 12.5. The number of carbonyl (C=O) groups excluding carboxylic acids is 1. The van der Waals surface area contributed by atoms with E-state index < -0.39 is 15.9 Å². The van der Waals surface area contributed by atoms with Crippen molar-refractivity contribution in [2.24, 2.45) is 4.40 Å². The number of sulfonamides is 1. The van der Waals surface area contributed by atoms with Crippen molar-refractivity contribution in [1.29, 1.82) is 0 Å². The van der Waals surface area contributed by atoms with Gasteiger partial charge in [-0.3, -0.25) is 4.79 Å². The predicted molar refractivity (Wildman–Crippen MR) is 109 cm³/mol. The van der Waals surface area contributed by atoms with Gasteiger partial charge in [0.1, 0.15) is 10.7 Å². The van der Waals surface area contributed by atoms with E-state index in [9.17, 15) is 13.2 Å². The number of halogens is 2. The first-order valence-electron chi connectivity index (χ1n) is 8.22. The molecule has 3 rings (SSSR count). The molecule has 0 atom stereocenters. The molecule has 0 aliphatic carbocycles. The van der Waals surface area contributed by atoms with Gasteiger partial charge in [-0.15, -0.1) is 4.40 Å². The summed E-state index contributed by atoms with van der Waals surface area (Å²) in [6.07, 6.45) is 0.825. The molecule has 1 aliphatic heterocycles. The lowest BCUT2D eigenvalue weighted by molar-refractivity contribution is 0.102. The van der Waals surface area contributed by atoms with Gasteiger partial charge in [0, 0.05) is 17.8 Å². The number of nitrogens with zero attached hydrogens (tertiary/aromatic N) is 2. The number of amides is 1. The van der Waals surface area contributed by atoms with Crippen LogP contribution < -0.4 is 10.2 Å². The van der Waals surface area contributed by atoms with Gasteiger partial charge in [-0.1, -0.05) is 30.1 Å². The summed E-state index contributed by atoms with van der Waals surface area (Å²) in [6, 6.07) is 9.26. The first-order chi connectivity index (χ1) is 12.7. The Morgan fingerprint density at radius 1 is 1.15 bits per heavy atom. The van der Waals surface area contributed by atoms with Gasteiger partial charge >= 0.3 is 0 Å². The van der Waals surface area contributed by atoms with Gasteiger partial charge in [0.05, 0.1) is 15.7 Å². The molecule has 6 nitrogen and oxygen atoms in total. The third-order valence-corrected chi connectivity index (χ3v) is 6.18. The van der Waals surface area contributed by atoms with Crippen LogP contribution in [0.5, 0.6) is 0 Å². The summed E-state index contributed by atoms with van der Waals surface area (Å²) in [5, 5.41) is 3.36. The third kappa shape index (κ3) is 3.95. The second-order valence-electron chi connectivity index (χ2n) is 6.03. The van der Waals surface area contributed by atoms with Crippen LogP contribution in [0, 0.1) is 0 Å². The van der Waals surface area contributed by atoms with Crippen molar-refractivity contribution in [3.05, 3.63) is 52.0 Å². The van der Waals surface area contributed by atoms with E-state index in [-0.39, 0.29) is 10.5 Å². The highest BCUT2D eigenvalue weighted by atomic mass is 35.5. The normalized spacial score (nSPS) is 15.1. The highest BCUT2D eigenvalue weighted by Crippen LogP contribution is 2.33. The zero-order chi connectivity index (χ0) is 19.8. The molecule has 0 aromatic heterocycles. The van der Waals surface area contributed by atoms with Crippen LogP contribution in [0.1, 0.15) is 30.6 Å². The number of anilines is 2. The molecule has 142 valence electrons. The van der Waals surface area contributed by atoms with E-state index in [4.69, 9.17) is 23.2 Å². The summed E-state index contributed by atoms with van der Waals surface area (Å²) in [6.45, 7) is 4.28. The molecule has 9 heteroatoms. The predicted octanol–water partition coefficient (Wildman–Crippen LogP) is 4.58. The van der Waals surface area contributed by atoms with E-state index in [0.29, 0.717) is 33.8 Å². The van der Waals surface area contributed by atoms with Crippen LogP contribution in [0.3, 0.4) is 0 Å². The molecule has 1 heterocycles. The molecular weight excluding hydrogens is 409 g/mol. The van der Waals surface area contributed by atoms with Crippen molar-refractivity contribution < 1.29 is 13.2 Å². The molecule has 0 saturated heterocycles. The number of rotatable bonds is 4. The Morgan fingerprint density at radius 3 is 2.56 bits per heavy atom. The smallest absolute Gasteiger partial charge is 0.286 e. The van der Waals surface area contributed by atoms with E-state index in [0.717, 1.165) is 6.42 Å². The number of carbonyl (C=O) groups is 1. The lowest BCUT2D eigenvalue weighted by atomic mass is 10.1. The van der Waals surface area contributed by atoms with E-state index in [1.54, 1.807) is 31.2 Å². The van der Waals surface area contributed by atoms with Crippen molar-refractivity contribution >= 4 is 56.3 Å². The number of hydrogen-bond donors (Lipinski definition) is 1. The Balaban J connectivity index is 1.96. The van der Waals surface area contributed by atoms with Crippen LogP contribution in [-0.4, -0.2) is 26.7 Å². The summed E-state index contributed by atoms with van der Waals surface area (Å²) < 4.78 is 28.8. The maximum absolute atomic E-state index is 12.5. The molecule has 2 aromatic carbocycles. The van der Waals surface area contributed by atoms with Crippen LogP contribution in [0.2, 0.25) is 10.0 Å². The van der Waals surface area contributed by atoms with Gasteiger partial charge < -0.3 is 10.2 Å². The van der Waals surface area contributed by atoms with Gasteiger partial charge in [0.25, 0.3) is 15.9 Å². The Morgan fingerprint density at radius 2 is 1.89 bits per heavy atom. The SMILES string of the molecule is CCCN1C(C)=NS(=O)(=O)c2cc(C(=O)Nc3ccc(Cl)c(Cl)c3)ccc21. The molecule has 27 heavy (non-hydrogen) atoms. The molecule has 0 saturated carbocycles. The summed E-state index contributed by atoms with van der Waals surface area (Å²) >= 11 is 11.8. The van der Waals surface area contributed by atoms with Crippen molar-refractivity contribution in [3.63, 3.8) is 0 Å². The Hall–Kier alpha value is -2.09. The van der Waals surface area contributed by atoms with Crippen LogP contribution in [0.15, 0.2) is 45.7 Å². The van der Waals surface area contributed by atoms with E-state index in [1.165, 1.54) is 12.1 Å². The van der Waals surface area contributed by atoms with Gasteiger partial charge in [-0.2, -0.15) is 8.42 Å². The minimum absolute atomic E-state index is 0.0170. The zero-order valence-corrected chi connectivity index (χ0v) is 17.0. The lowest BCUT2D eigenvalue weighted by Crippen LogP contribution is -2.34. The quantitative estimate of drug-likeness (QED) is 0.776. The topological polar surface area (TPSA) is 78.8 Å². The standard InChI is InChI=1S/C18H17Cl2N3O3S/c1-3-8-23-11(2)22-27(25,26)17-9-12(4-7-16(17)23)18(24)21-13-5-6-14(19)15(20)10-13/h4-7,9-10H,3,8H2,1-2H3,(H,21,24). The number of fused-ring (bicyclic) bond motifs is 1. The fourth-order valence-electron chi connectivity index (χ4n) is 2.81.